The third kappa shape index (κ3) is 4.83. The highest BCUT2D eigenvalue weighted by molar-refractivity contribution is 7.89. The van der Waals surface area contributed by atoms with E-state index < -0.39 is 32.8 Å². The van der Waals surface area contributed by atoms with E-state index in [1.807, 2.05) is 0 Å². The molecule has 1 atom stereocenters. The summed E-state index contributed by atoms with van der Waals surface area (Å²) in [5, 5.41) is 10.1. The number of nitrogens with one attached hydrogen (secondary N) is 1. The quantitative estimate of drug-likeness (QED) is 0.809. The van der Waals surface area contributed by atoms with E-state index in [-0.39, 0.29) is 13.0 Å². The van der Waals surface area contributed by atoms with E-state index in [1.165, 1.54) is 0 Å². The van der Waals surface area contributed by atoms with Gasteiger partial charge in [0.15, 0.2) is 0 Å². The minimum Gasteiger partial charge on any atom is -0.466 e. The highest BCUT2D eigenvalue weighted by Crippen LogP contribution is 2.30. The molecule has 2 rings (SSSR count). The second-order valence-electron chi connectivity index (χ2n) is 5.60. The normalized spacial score (nSPS) is 13.8. The van der Waals surface area contributed by atoms with Gasteiger partial charge in [-0.15, -0.1) is 0 Å². The Morgan fingerprint density at radius 2 is 1.92 bits per heavy atom. The standard InChI is InChI=1S/C16H18F3NO4S/c1-10-8-14(11(2)24-10)15(21)6-7-20-25(22,23)13-5-3-4-12(9-13)16(17,18)19/h3-5,8-9,15,20-21H,6-7H2,1-2H3. The first-order chi connectivity index (χ1) is 11.5. The molecule has 2 N–H and O–H groups in total. The molecule has 1 aromatic heterocycles. The molecule has 1 unspecified atom stereocenters. The summed E-state index contributed by atoms with van der Waals surface area (Å²) < 4.78 is 69.8. The van der Waals surface area contributed by atoms with Crippen LogP contribution in [0.4, 0.5) is 13.2 Å². The van der Waals surface area contributed by atoms with E-state index in [4.69, 9.17) is 4.42 Å². The molecule has 138 valence electrons. The third-order valence-corrected chi connectivity index (χ3v) is 5.08. The Kier molecular flexibility index (Phi) is 5.60. The number of alkyl halides is 3. The lowest BCUT2D eigenvalue weighted by Crippen LogP contribution is -2.26. The number of aliphatic hydroxyl groups is 1. The number of benzene rings is 1. The van der Waals surface area contributed by atoms with Gasteiger partial charge in [0.25, 0.3) is 0 Å². The van der Waals surface area contributed by atoms with Crippen LogP contribution < -0.4 is 4.72 Å². The first kappa shape index (κ1) is 19.5. The molecule has 0 saturated heterocycles. The monoisotopic (exact) mass is 377 g/mol. The van der Waals surface area contributed by atoms with Gasteiger partial charge in [-0.05, 0) is 44.5 Å². The number of sulfonamides is 1. The summed E-state index contributed by atoms with van der Waals surface area (Å²) in [7, 11) is -4.11. The van der Waals surface area contributed by atoms with E-state index >= 15 is 0 Å². The molecule has 2 aromatic rings. The van der Waals surface area contributed by atoms with E-state index in [0.29, 0.717) is 23.2 Å². The van der Waals surface area contributed by atoms with Crippen LogP contribution in [0.1, 0.15) is 35.2 Å². The van der Waals surface area contributed by atoms with Gasteiger partial charge in [-0.2, -0.15) is 13.2 Å². The topological polar surface area (TPSA) is 79.5 Å². The van der Waals surface area contributed by atoms with Gasteiger partial charge in [0, 0.05) is 12.1 Å². The van der Waals surface area contributed by atoms with Crippen LogP contribution in [0.5, 0.6) is 0 Å². The van der Waals surface area contributed by atoms with E-state index in [0.717, 1.165) is 18.2 Å². The SMILES string of the molecule is Cc1cc(C(O)CCNS(=O)(=O)c2cccc(C(F)(F)F)c2)c(C)o1. The van der Waals surface area contributed by atoms with Crippen LogP contribution in [-0.2, 0) is 16.2 Å². The highest BCUT2D eigenvalue weighted by atomic mass is 32.2. The summed E-state index contributed by atoms with van der Waals surface area (Å²) in [5.74, 6) is 1.15. The Hall–Kier alpha value is -1.84. The van der Waals surface area contributed by atoms with Gasteiger partial charge >= 0.3 is 6.18 Å². The molecule has 0 saturated carbocycles. The number of aryl methyl sites for hydroxylation is 2. The van der Waals surface area contributed by atoms with Crippen molar-refractivity contribution >= 4 is 10.0 Å². The minimum absolute atomic E-state index is 0.0536. The molecule has 0 amide bonds. The van der Waals surface area contributed by atoms with Crippen LogP contribution in [0, 0.1) is 13.8 Å². The number of furan rings is 1. The summed E-state index contributed by atoms with van der Waals surface area (Å²) in [6.07, 6.45) is -5.52. The fraction of sp³-hybridized carbons (Fsp3) is 0.375. The lowest BCUT2D eigenvalue weighted by atomic mass is 10.1. The number of hydrogen-bond acceptors (Lipinski definition) is 4. The van der Waals surface area contributed by atoms with Gasteiger partial charge < -0.3 is 9.52 Å². The predicted molar refractivity (Wildman–Crippen MR) is 84.4 cm³/mol. The van der Waals surface area contributed by atoms with Gasteiger partial charge in [0.1, 0.15) is 11.5 Å². The fourth-order valence-electron chi connectivity index (χ4n) is 2.39. The predicted octanol–water partition coefficient (Wildman–Crippen LogP) is 3.32. The number of aliphatic hydroxyl groups excluding tert-OH is 1. The fourth-order valence-corrected chi connectivity index (χ4v) is 3.48. The Bertz CT molecular complexity index is 843. The van der Waals surface area contributed by atoms with Crippen molar-refractivity contribution in [2.75, 3.05) is 6.54 Å². The van der Waals surface area contributed by atoms with Crippen molar-refractivity contribution < 1.29 is 31.1 Å². The van der Waals surface area contributed by atoms with Crippen LogP contribution in [0.2, 0.25) is 0 Å². The molecule has 0 fully saturated rings. The van der Waals surface area contributed by atoms with Crippen molar-refractivity contribution in [3.63, 3.8) is 0 Å². The Balaban J connectivity index is 2.03. The van der Waals surface area contributed by atoms with Gasteiger partial charge in [0.05, 0.1) is 16.6 Å². The maximum absolute atomic E-state index is 12.7. The van der Waals surface area contributed by atoms with Crippen molar-refractivity contribution in [1.82, 2.24) is 4.72 Å². The van der Waals surface area contributed by atoms with Gasteiger partial charge in [0.2, 0.25) is 10.0 Å². The molecule has 0 spiro atoms. The van der Waals surface area contributed by atoms with E-state index in [9.17, 15) is 26.7 Å². The van der Waals surface area contributed by atoms with Crippen molar-refractivity contribution in [2.45, 2.75) is 37.4 Å². The zero-order chi connectivity index (χ0) is 18.8. The molecular weight excluding hydrogens is 359 g/mol. The van der Waals surface area contributed by atoms with Crippen LogP contribution >= 0.6 is 0 Å². The zero-order valence-corrected chi connectivity index (χ0v) is 14.4. The smallest absolute Gasteiger partial charge is 0.416 e. The molecule has 25 heavy (non-hydrogen) atoms. The molecule has 0 aliphatic carbocycles. The Morgan fingerprint density at radius 3 is 2.48 bits per heavy atom. The summed E-state index contributed by atoms with van der Waals surface area (Å²) in [6.45, 7) is 3.27. The molecule has 1 aromatic carbocycles. The van der Waals surface area contributed by atoms with Crippen molar-refractivity contribution in [2.24, 2.45) is 0 Å². The highest BCUT2D eigenvalue weighted by Gasteiger charge is 2.31. The average molecular weight is 377 g/mol. The Labute approximate surface area is 143 Å². The first-order valence-corrected chi connectivity index (χ1v) is 8.91. The number of hydrogen-bond donors (Lipinski definition) is 2. The summed E-state index contributed by atoms with van der Waals surface area (Å²) in [5.41, 5.74) is -0.490. The second kappa shape index (κ2) is 7.19. The second-order valence-corrected chi connectivity index (χ2v) is 7.36. The van der Waals surface area contributed by atoms with E-state index in [1.54, 1.807) is 19.9 Å². The minimum atomic E-state index is -4.63. The van der Waals surface area contributed by atoms with Crippen LogP contribution in [0.15, 0.2) is 39.6 Å². The largest absolute Gasteiger partial charge is 0.466 e. The number of rotatable bonds is 6. The molecule has 5 nitrogen and oxygen atoms in total. The molecule has 0 aliphatic heterocycles. The lowest BCUT2D eigenvalue weighted by Gasteiger charge is -2.12. The van der Waals surface area contributed by atoms with Crippen molar-refractivity contribution in [3.8, 4) is 0 Å². The van der Waals surface area contributed by atoms with Crippen LogP contribution in [0.25, 0.3) is 0 Å². The molecule has 0 bridgehead atoms. The van der Waals surface area contributed by atoms with Crippen molar-refractivity contribution in [3.05, 3.63) is 53.0 Å². The van der Waals surface area contributed by atoms with Gasteiger partial charge in [-0.25, -0.2) is 13.1 Å². The third-order valence-electron chi connectivity index (χ3n) is 3.62. The van der Waals surface area contributed by atoms with E-state index in [2.05, 4.69) is 4.72 Å². The lowest BCUT2D eigenvalue weighted by molar-refractivity contribution is -0.137. The molecule has 0 radical (unpaired) electrons. The van der Waals surface area contributed by atoms with Gasteiger partial charge in [-0.3, -0.25) is 0 Å². The average Bonchev–Trinajstić information content (AvgIpc) is 2.85. The van der Waals surface area contributed by atoms with Crippen LogP contribution in [0.3, 0.4) is 0 Å². The Morgan fingerprint density at radius 1 is 1.24 bits per heavy atom. The summed E-state index contributed by atoms with van der Waals surface area (Å²) in [6, 6.07) is 5.14. The number of halogens is 3. The maximum atomic E-state index is 12.7. The molecule has 9 heteroatoms. The summed E-state index contributed by atoms with van der Waals surface area (Å²) in [4.78, 5) is -0.479. The zero-order valence-electron chi connectivity index (χ0n) is 13.6. The first-order valence-electron chi connectivity index (χ1n) is 7.42. The van der Waals surface area contributed by atoms with Crippen molar-refractivity contribution in [1.29, 1.82) is 0 Å². The molecule has 1 heterocycles. The van der Waals surface area contributed by atoms with Crippen LogP contribution in [-0.4, -0.2) is 20.1 Å². The maximum Gasteiger partial charge on any atom is 0.416 e. The van der Waals surface area contributed by atoms with Gasteiger partial charge in [-0.1, -0.05) is 6.07 Å². The summed E-state index contributed by atoms with van der Waals surface area (Å²) >= 11 is 0. The molecule has 0 aliphatic rings. The molecular formula is C16H18F3NO4S.